The van der Waals surface area contributed by atoms with Crippen LogP contribution in [-0.4, -0.2) is 63.3 Å². The molecule has 1 saturated heterocycles. The fourth-order valence-corrected chi connectivity index (χ4v) is 4.04. The van der Waals surface area contributed by atoms with Crippen LogP contribution in [0.4, 0.5) is 0 Å². The molecule has 0 spiro atoms. The third-order valence-electron chi connectivity index (χ3n) is 4.42. The monoisotopic (exact) mass is 382 g/mol. The van der Waals surface area contributed by atoms with Crippen molar-refractivity contribution in [3.8, 4) is 0 Å². The first-order valence-corrected chi connectivity index (χ1v) is 10.0. The Kier molecular flexibility index (Phi) is 6.41. The van der Waals surface area contributed by atoms with Gasteiger partial charge in [-0.2, -0.15) is 0 Å². The highest BCUT2D eigenvalue weighted by molar-refractivity contribution is 7.89. The van der Waals surface area contributed by atoms with Crippen LogP contribution in [0, 0.1) is 11.8 Å². The summed E-state index contributed by atoms with van der Waals surface area (Å²) in [5, 5.41) is 0. The molecule has 1 aromatic rings. The number of hydrogen-bond donors (Lipinski definition) is 0. The van der Waals surface area contributed by atoms with Gasteiger partial charge in [-0.05, 0) is 42.5 Å². The van der Waals surface area contributed by atoms with Crippen LogP contribution >= 0.6 is 0 Å². The number of sulfonamides is 1. The normalized spacial score (nSPS) is 20.9. The van der Waals surface area contributed by atoms with E-state index in [2.05, 4.69) is 13.8 Å². The summed E-state index contributed by atoms with van der Waals surface area (Å²) in [7, 11) is -0.678. The highest BCUT2D eigenvalue weighted by Crippen LogP contribution is 2.21. The van der Waals surface area contributed by atoms with Gasteiger partial charge in [0, 0.05) is 27.2 Å². The SMILES string of the molecule is C[C@H]1C[C@H](C)CN(C(=O)COC(=O)c2ccc(S(=O)(=O)N(C)C)cc2)C1. The molecule has 0 N–H and O–H groups in total. The summed E-state index contributed by atoms with van der Waals surface area (Å²) in [5.74, 6) is 0.0167. The molecule has 0 bridgehead atoms. The van der Waals surface area contributed by atoms with Crippen molar-refractivity contribution in [2.45, 2.75) is 25.2 Å². The van der Waals surface area contributed by atoms with E-state index >= 15 is 0 Å². The lowest BCUT2D eigenvalue weighted by Gasteiger charge is -2.34. The van der Waals surface area contributed by atoms with E-state index in [-0.39, 0.29) is 23.0 Å². The Labute approximate surface area is 155 Å². The molecule has 0 unspecified atom stereocenters. The second kappa shape index (κ2) is 8.18. The van der Waals surface area contributed by atoms with Crippen molar-refractivity contribution in [1.82, 2.24) is 9.21 Å². The molecular formula is C18H26N2O5S. The minimum absolute atomic E-state index is 0.0893. The minimum atomic E-state index is -3.55. The van der Waals surface area contributed by atoms with E-state index in [4.69, 9.17) is 4.74 Å². The fraction of sp³-hybridized carbons (Fsp3) is 0.556. The van der Waals surface area contributed by atoms with Crippen molar-refractivity contribution in [1.29, 1.82) is 0 Å². The van der Waals surface area contributed by atoms with Gasteiger partial charge in [-0.1, -0.05) is 13.8 Å². The molecule has 0 saturated carbocycles. The summed E-state index contributed by atoms with van der Waals surface area (Å²) in [6, 6.07) is 5.46. The Morgan fingerprint density at radius 3 is 2.15 bits per heavy atom. The molecule has 1 heterocycles. The molecule has 0 radical (unpaired) electrons. The van der Waals surface area contributed by atoms with Crippen LogP contribution < -0.4 is 0 Å². The number of esters is 1. The van der Waals surface area contributed by atoms with Crippen molar-refractivity contribution in [2.75, 3.05) is 33.8 Å². The average molecular weight is 382 g/mol. The van der Waals surface area contributed by atoms with Gasteiger partial charge in [0.25, 0.3) is 5.91 Å². The predicted octanol–water partition coefficient (Wildman–Crippen LogP) is 1.60. The van der Waals surface area contributed by atoms with Crippen LogP contribution in [0.15, 0.2) is 29.2 Å². The number of amides is 1. The third-order valence-corrected chi connectivity index (χ3v) is 6.25. The van der Waals surface area contributed by atoms with Crippen molar-refractivity contribution in [2.24, 2.45) is 11.8 Å². The number of ether oxygens (including phenoxy) is 1. The van der Waals surface area contributed by atoms with Crippen LogP contribution in [0.25, 0.3) is 0 Å². The first-order chi connectivity index (χ1) is 12.1. The molecule has 8 heteroatoms. The molecule has 1 aliphatic rings. The maximum atomic E-state index is 12.2. The zero-order valence-electron chi connectivity index (χ0n) is 15.6. The summed E-state index contributed by atoms with van der Waals surface area (Å²) >= 11 is 0. The summed E-state index contributed by atoms with van der Waals surface area (Å²) in [4.78, 5) is 26.2. The summed E-state index contributed by atoms with van der Waals surface area (Å²) < 4.78 is 30.2. The lowest BCUT2D eigenvalue weighted by atomic mass is 9.92. The van der Waals surface area contributed by atoms with E-state index in [1.807, 2.05) is 0 Å². The van der Waals surface area contributed by atoms with Crippen LogP contribution in [0.1, 0.15) is 30.6 Å². The Hall–Kier alpha value is -1.93. The first-order valence-electron chi connectivity index (χ1n) is 8.58. The molecule has 26 heavy (non-hydrogen) atoms. The van der Waals surface area contributed by atoms with Gasteiger partial charge >= 0.3 is 5.97 Å². The Bertz CT molecular complexity index is 748. The maximum absolute atomic E-state index is 12.2. The maximum Gasteiger partial charge on any atom is 0.338 e. The largest absolute Gasteiger partial charge is 0.452 e. The molecule has 0 aromatic heterocycles. The molecule has 7 nitrogen and oxygen atoms in total. The molecule has 1 aromatic carbocycles. The predicted molar refractivity (Wildman–Crippen MR) is 97.1 cm³/mol. The van der Waals surface area contributed by atoms with Gasteiger partial charge in [0.1, 0.15) is 0 Å². The second-order valence-electron chi connectivity index (χ2n) is 7.13. The van der Waals surface area contributed by atoms with Gasteiger partial charge in [0.05, 0.1) is 10.5 Å². The number of likely N-dealkylation sites (tertiary alicyclic amines) is 1. The van der Waals surface area contributed by atoms with E-state index in [0.717, 1.165) is 10.7 Å². The number of nitrogens with zero attached hydrogens (tertiary/aromatic N) is 2. The number of hydrogen-bond acceptors (Lipinski definition) is 5. The molecule has 0 aliphatic carbocycles. The van der Waals surface area contributed by atoms with Gasteiger partial charge in [-0.15, -0.1) is 0 Å². The van der Waals surface area contributed by atoms with Crippen LogP contribution in [0.3, 0.4) is 0 Å². The van der Waals surface area contributed by atoms with Gasteiger partial charge in [-0.3, -0.25) is 4.79 Å². The van der Waals surface area contributed by atoms with Crippen molar-refractivity contribution in [3.05, 3.63) is 29.8 Å². The number of benzene rings is 1. The van der Waals surface area contributed by atoms with E-state index in [1.54, 1.807) is 4.90 Å². The number of piperidine rings is 1. The van der Waals surface area contributed by atoms with Gasteiger partial charge in [0.2, 0.25) is 10.0 Å². The highest BCUT2D eigenvalue weighted by Gasteiger charge is 2.26. The first kappa shape index (κ1) is 20.4. The van der Waals surface area contributed by atoms with E-state index < -0.39 is 16.0 Å². The molecule has 144 valence electrons. The quantitative estimate of drug-likeness (QED) is 0.722. The van der Waals surface area contributed by atoms with Gasteiger partial charge < -0.3 is 9.64 Å². The Morgan fingerprint density at radius 2 is 1.65 bits per heavy atom. The third kappa shape index (κ3) is 4.82. The molecular weight excluding hydrogens is 356 g/mol. The van der Waals surface area contributed by atoms with Gasteiger partial charge in [-0.25, -0.2) is 17.5 Å². The zero-order valence-corrected chi connectivity index (χ0v) is 16.5. The highest BCUT2D eigenvalue weighted by atomic mass is 32.2. The number of rotatable bonds is 5. The van der Waals surface area contributed by atoms with E-state index in [0.29, 0.717) is 24.9 Å². The molecule has 2 rings (SSSR count). The van der Waals surface area contributed by atoms with Crippen LogP contribution in [0.2, 0.25) is 0 Å². The van der Waals surface area contributed by atoms with E-state index in [9.17, 15) is 18.0 Å². The molecule has 1 amide bonds. The molecule has 1 fully saturated rings. The fourth-order valence-electron chi connectivity index (χ4n) is 3.14. The summed E-state index contributed by atoms with van der Waals surface area (Å²) in [6.45, 7) is 5.25. The van der Waals surface area contributed by atoms with Crippen LogP contribution in [0.5, 0.6) is 0 Å². The zero-order chi connectivity index (χ0) is 19.5. The van der Waals surface area contributed by atoms with Crippen molar-refractivity contribution < 1.29 is 22.7 Å². The van der Waals surface area contributed by atoms with Gasteiger partial charge in [0.15, 0.2) is 6.61 Å². The molecule has 1 aliphatic heterocycles. The lowest BCUT2D eigenvalue weighted by molar-refractivity contribution is -0.137. The number of carbonyl (C=O) groups is 2. The smallest absolute Gasteiger partial charge is 0.338 e. The summed E-state index contributed by atoms with van der Waals surface area (Å²) in [5.41, 5.74) is 0.205. The number of carbonyl (C=O) groups excluding carboxylic acids is 2. The lowest BCUT2D eigenvalue weighted by Crippen LogP contribution is -2.44. The summed E-state index contributed by atoms with van der Waals surface area (Å²) in [6.07, 6.45) is 1.09. The van der Waals surface area contributed by atoms with Crippen molar-refractivity contribution in [3.63, 3.8) is 0 Å². The Balaban J connectivity index is 1.95. The Morgan fingerprint density at radius 1 is 1.12 bits per heavy atom. The second-order valence-corrected chi connectivity index (χ2v) is 9.28. The minimum Gasteiger partial charge on any atom is -0.452 e. The van der Waals surface area contributed by atoms with Crippen molar-refractivity contribution >= 4 is 21.9 Å². The van der Waals surface area contributed by atoms with E-state index in [1.165, 1.54) is 38.4 Å². The average Bonchev–Trinajstić information content (AvgIpc) is 2.58. The topological polar surface area (TPSA) is 84.0 Å². The van der Waals surface area contributed by atoms with Crippen LogP contribution in [-0.2, 0) is 19.6 Å². The molecule has 2 atom stereocenters. The standard InChI is InChI=1S/C18H26N2O5S/c1-13-9-14(2)11-20(10-13)17(21)12-25-18(22)15-5-7-16(8-6-15)26(23,24)19(3)4/h5-8,13-14H,9-12H2,1-4H3/t13-,14-/m0/s1.